The predicted octanol–water partition coefficient (Wildman–Crippen LogP) is 0.475. The van der Waals surface area contributed by atoms with Crippen molar-refractivity contribution in [3.8, 4) is 6.07 Å². The summed E-state index contributed by atoms with van der Waals surface area (Å²) in [6.45, 7) is 0.675. The normalized spacial score (nSPS) is 26.7. The summed E-state index contributed by atoms with van der Waals surface area (Å²) in [4.78, 5) is 33.4. The summed E-state index contributed by atoms with van der Waals surface area (Å²) in [6, 6.07) is 5.36. The van der Waals surface area contributed by atoms with Crippen molar-refractivity contribution in [1.29, 1.82) is 5.26 Å². The molecule has 1 aromatic rings. The van der Waals surface area contributed by atoms with Gasteiger partial charge in [0.1, 0.15) is 6.04 Å². The fraction of sp³-hybridized carbons (Fsp3) is 0.444. The molecule has 4 aliphatic rings. The van der Waals surface area contributed by atoms with Crippen molar-refractivity contribution >= 4 is 23.2 Å². The summed E-state index contributed by atoms with van der Waals surface area (Å²) in [5.74, 6) is -0.0831. The van der Waals surface area contributed by atoms with E-state index in [1.165, 1.54) is 4.90 Å². The van der Waals surface area contributed by atoms with Gasteiger partial charge in [-0.05, 0) is 44.2 Å². The molecule has 0 radical (unpaired) electrons. The molecule has 6 nitrogen and oxygen atoms in total. The van der Waals surface area contributed by atoms with Crippen LogP contribution >= 0.6 is 0 Å². The Morgan fingerprint density at radius 1 is 1.25 bits per heavy atom. The molecule has 2 saturated heterocycles. The summed E-state index contributed by atoms with van der Waals surface area (Å²) in [6.07, 6.45) is 5.71. The number of nitrogens with zero attached hydrogens (tertiary/aromatic N) is 4. The average Bonchev–Trinajstić information content (AvgIpc) is 3.21. The van der Waals surface area contributed by atoms with E-state index in [0.29, 0.717) is 36.0 Å². The molecule has 3 amide bonds. The third-order valence-electron chi connectivity index (χ3n) is 5.95. The Morgan fingerprint density at radius 2 is 2.08 bits per heavy atom. The van der Waals surface area contributed by atoms with Gasteiger partial charge >= 0.3 is 6.03 Å². The van der Waals surface area contributed by atoms with Crippen molar-refractivity contribution in [2.75, 3.05) is 6.54 Å². The number of pyridine rings is 1. The number of amides is 3. The van der Waals surface area contributed by atoms with Gasteiger partial charge in [0.15, 0.2) is 0 Å². The smallest absolute Gasteiger partial charge is 0.311 e. The molecule has 3 fully saturated rings. The minimum Gasteiger partial charge on any atom is -0.311 e. The first-order valence-electron chi connectivity index (χ1n) is 8.38. The van der Waals surface area contributed by atoms with E-state index in [0.717, 1.165) is 24.5 Å². The number of fused-ring (bicyclic) bond motifs is 3. The second-order valence-electron chi connectivity index (χ2n) is 7.10. The maximum atomic E-state index is 13.1. The van der Waals surface area contributed by atoms with E-state index in [4.69, 9.17) is 0 Å². The number of aromatic nitrogens is 1. The van der Waals surface area contributed by atoms with Crippen molar-refractivity contribution in [1.82, 2.24) is 14.8 Å². The zero-order chi connectivity index (χ0) is 16.5. The van der Waals surface area contributed by atoms with E-state index < -0.39 is 0 Å². The van der Waals surface area contributed by atoms with Gasteiger partial charge in [-0.2, -0.15) is 5.26 Å². The molecule has 0 bridgehead atoms. The molecule has 24 heavy (non-hydrogen) atoms. The lowest BCUT2D eigenvalue weighted by atomic mass is 9.96. The van der Waals surface area contributed by atoms with Gasteiger partial charge in [0.05, 0.1) is 17.0 Å². The lowest BCUT2D eigenvalue weighted by Crippen LogP contribution is -2.43. The molecule has 0 N–H and O–H groups in total. The minimum atomic E-state index is -0.279. The molecule has 1 spiro atoms. The number of rotatable bonds is 1. The topological polar surface area (TPSA) is 77.3 Å². The zero-order valence-corrected chi connectivity index (χ0v) is 13.2. The van der Waals surface area contributed by atoms with Crippen molar-refractivity contribution in [2.45, 2.75) is 38.1 Å². The van der Waals surface area contributed by atoms with Gasteiger partial charge in [-0.3, -0.25) is 9.78 Å². The van der Waals surface area contributed by atoms with Crippen LogP contribution in [0.1, 0.15) is 32.1 Å². The third-order valence-corrected chi connectivity index (χ3v) is 5.95. The molecule has 1 aromatic heterocycles. The zero-order valence-electron chi connectivity index (χ0n) is 13.2. The first-order chi connectivity index (χ1) is 11.7. The number of imide groups is 1. The van der Waals surface area contributed by atoms with Crippen LogP contribution in [0.25, 0.3) is 11.3 Å². The molecule has 1 saturated carbocycles. The Morgan fingerprint density at radius 3 is 2.83 bits per heavy atom. The Labute approximate surface area is 138 Å². The van der Waals surface area contributed by atoms with Crippen LogP contribution in [0.15, 0.2) is 18.3 Å². The van der Waals surface area contributed by atoms with Crippen LogP contribution in [-0.4, -0.2) is 39.3 Å². The molecule has 5 rings (SSSR count). The molecule has 3 heterocycles. The Hall–Kier alpha value is -2.68. The number of hydrogen-bond donors (Lipinski definition) is 0. The van der Waals surface area contributed by atoms with Crippen LogP contribution in [0.4, 0.5) is 4.79 Å². The average molecular weight is 320 g/mol. The van der Waals surface area contributed by atoms with Crippen LogP contribution in [-0.2, 0) is 4.79 Å². The van der Waals surface area contributed by atoms with E-state index in [9.17, 15) is 14.9 Å². The Bertz CT molecular complexity index is 954. The van der Waals surface area contributed by atoms with Gasteiger partial charge in [-0.15, -0.1) is 0 Å². The molecule has 6 heteroatoms. The SMILES string of the molecule is N#CC1=c2ncccc2=C(N2C(=O)[C@H]3N(CCC34CC4)C2=O)CC1. The summed E-state index contributed by atoms with van der Waals surface area (Å²) >= 11 is 0. The lowest BCUT2D eigenvalue weighted by molar-refractivity contribution is -0.127. The quantitative estimate of drug-likeness (QED) is 0.705. The summed E-state index contributed by atoms with van der Waals surface area (Å²) in [7, 11) is 0. The molecule has 120 valence electrons. The third kappa shape index (κ3) is 1.57. The highest BCUT2D eigenvalue weighted by Gasteiger charge is 2.65. The van der Waals surface area contributed by atoms with Gasteiger partial charge in [0.2, 0.25) is 0 Å². The van der Waals surface area contributed by atoms with E-state index in [1.807, 2.05) is 6.07 Å². The summed E-state index contributed by atoms with van der Waals surface area (Å²) in [5, 5.41) is 10.7. The van der Waals surface area contributed by atoms with E-state index in [2.05, 4.69) is 11.1 Å². The van der Waals surface area contributed by atoms with Gasteiger partial charge in [0.25, 0.3) is 5.91 Å². The number of hydrogen-bond acceptors (Lipinski definition) is 4. The van der Waals surface area contributed by atoms with Gasteiger partial charge in [-0.25, -0.2) is 9.69 Å². The van der Waals surface area contributed by atoms with Gasteiger partial charge in [0, 0.05) is 29.1 Å². The van der Waals surface area contributed by atoms with Crippen molar-refractivity contribution < 1.29 is 9.59 Å². The second kappa shape index (κ2) is 4.44. The molecular weight excluding hydrogens is 304 g/mol. The maximum Gasteiger partial charge on any atom is 0.331 e. The Balaban J connectivity index is 1.70. The van der Waals surface area contributed by atoms with Crippen LogP contribution in [0.2, 0.25) is 0 Å². The Kier molecular flexibility index (Phi) is 2.54. The number of urea groups is 1. The van der Waals surface area contributed by atoms with E-state index >= 15 is 0 Å². The fourth-order valence-corrected chi connectivity index (χ4v) is 4.53. The highest BCUT2D eigenvalue weighted by molar-refractivity contribution is 6.10. The number of carbonyl (C=O) groups is 2. The molecule has 1 atom stereocenters. The molecular formula is C18H16N4O2. The number of carbonyl (C=O) groups excluding carboxylic acids is 2. The van der Waals surface area contributed by atoms with Crippen molar-refractivity contribution in [3.63, 3.8) is 0 Å². The monoisotopic (exact) mass is 320 g/mol. The summed E-state index contributed by atoms with van der Waals surface area (Å²) in [5.41, 5.74) is 1.36. The lowest BCUT2D eigenvalue weighted by Gasteiger charge is -2.22. The van der Waals surface area contributed by atoms with E-state index in [-0.39, 0.29) is 23.4 Å². The van der Waals surface area contributed by atoms with Crippen molar-refractivity contribution in [2.24, 2.45) is 5.41 Å². The first kappa shape index (κ1) is 13.7. The molecule has 0 unspecified atom stereocenters. The summed E-state index contributed by atoms with van der Waals surface area (Å²) < 4.78 is 0. The van der Waals surface area contributed by atoms with Gasteiger partial charge in [-0.1, -0.05) is 0 Å². The van der Waals surface area contributed by atoms with E-state index in [1.54, 1.807) is 17.2 Å². The van der Waals surface area contributed by atoms with Crippen molar-refractivity contribution in [3.05, 3.63) is 28.9 Å². The second-order valence-corrected chi connectivity index (χ2v) is 7.10. The van der Waals surface area contributed by atoms with Crippen LogP contribution in [0.3, 0.4) is 0 Å². The molecule has 2 aliphatic carbocycles. The van der Waals surface area contributed by atoms with Crippen LogP contribution in [0, 0.1) is 16.7 Å². The molecule has 0 aromatic carbocycles. The maximum absolute atomic E-state index is 13.1. The van der Waals surface area contributed by atoms with Crippen LogP contribution in [0.5, 0.6) is 0 Å². The number of nitriles is 1. The highest BCUT2D eigenvalue weighted by atomic mass is 16.2. The largest absolute Gasteiger partial charge is 0.331 e. The first-order valence-corrected chi connectivity index (χ1v) is 8.38. The predicted molar refractivity (Wildman–Crippen MR) is 84.2 cm³/mol. The standard InChI is InChI=1S/C18H16N4O2/c19-10-11-3-4-13(12-2-1-8-20-14(11)12)22-16(23)15-18(5-6-18)7-9-21(15)17(22)24/h1-2,8,15H,3-7,9H2/t15-/m1/s1. The fourth-order valence-electron chi connectivity index (χ4n) is 4.53. The van der Waals surface area contributed by atoms with Gasteiger partial charge < -0.3 is 4.90 Å². The van der Waals surface area contributed by atoms with Crippen LogP contribution < -0.4 is 10.6 Å². The molecule has 2 aliphatic heterocycles. The minimum absolute atomic E-state index is 0.0401. The highest BCUT2D eigenvalue weighted by Crippen LogP contribution is 2.59.